The molecule has 1 aromatic rings. The van der Waals surface area contributed by atoms with Crippen LogP contribution in [0.15, 0.2) is 6.33 Å². The number of nitrogens with zero attached hydrogens (tertiary/aromatic N) is 4. The molecule has 1 N–H and O–H groups in total. The van der Waals surface area contributed by atoms with Crippen LogP contribution in [0.5, 0.6) is 0 Å². The molecule has 1 aliphatic rings. The lowest BCUT2D eigenvalue weighted by molar-refractivity contribution is 0.0309. The third kappa shape index (κ3) is 2.74. The van der Waals surface area contributed by atoms with E-state index in [2.05, 4.69) is 20.8 Å². The van der Waals surface area contributed by atoms with Crippen LogP contribution in [0.1, 0.15) is 12.8 Å². The molecule has 0 saturated carbocycles. The molecule has 0 spiro atoms. The Morgan fingerprint density at radius 3 is 3.29 bits per heavy atom. The second kappa shape index (κ2) is 5.02. The van der Waals surface area contributed by atoms with Crippen molar-refractivity contribution in [2.45, 2.75) is 25.5 Å². The molecule has 0 amide bonds. The Morgan fingerprint density at radius 2 is 2.57 bits per heavy atom. The van der Waals surface area contributed by atoms with Crippen molar-refractivity contribution < 1.29 is 4.74 Å². The zero-order valence-electron chi connectivity index (χ0n) is 8.09. The van der Waals surface area contributed by atoms with E-state index in [0.29, 0.717) is 12.7 Å². The maximum atomic E-state index is 5.68. The van der Waals surface area contributed by atoms with Gasteiger partial charge < -0.3 is 10.1 Å². The van der Waals surface area contributed by atoms with Gasteiger partial charge in [-0.2, -0.15) is 0 Å². The summed E-state index contributed by atoms with van der Waals surface area (Å²) in [6.45, 7) is 3.49. The average Bonchev–Trinajstić information content (AvgIpc) is 2.72. The Morgan fingerprint density at radius 1 is 1.57 bits per heavy atom. The number of rotatable bonds is 4. The summed E-state index contributed by atoms with van der Waals surface area (Å²) in [7, 11) is 0. The van der Waals surface area contributed by atoms with Gasteiger partial charge in [-0.15, -0.1) is 5.10 Å². The molecule has 0 aromatic carbocycles. The summed E-state index contributed by atoms with van der Waals surface area (Å²) < 4.78 is 7.35. The fraction of sp³-hybridized carbons (Fsp3) is 0.875. The lowest BCUT2D eigenvalue weighted by atomic mass is 10.1. The largest absolute Gasteiger partial charge is 0.375 e. The number of hydrogen-bond donors (Lipinski definition) is 1. The van der Waals surface area contributed by atoms with Gasteiger partial charge in [-0.05, 0) is 29.8 Å². The molecule has 6 heteroatoms. The Balaban J connectivity index is 1.62. The Bertz CT molecular complexity index is 244. The first kappa shape index (κ1) is 9.54. The smallest absolute Gasteiger partial charge is 0.138 e. The molecule has 2 heterocycles. The van der Waals surface area contributed by atoms with Crippen LogP contribution < -0.4 is 5.32 Å². The maximum absolute atomic E-state index is 5.68. The first-order chi connectivity index (χ1) is 6.95. The molecule has 1 atom stereocenters. The zero-order chi connectivity index (χ0) is 9.64. The van der Waals surface area contributed by atoms with Gasteiger partial charge >= 0.3 is 0 Å². The Labute approximate surface area is 82.6 Å². The minimum atomic E-state index is 0.361. The second-order valence-corrected chi connectivity index (χ2v) is 3.41. The number of tetrazole rings is 1. The summed E-state index contributed by atoms with van der Waals surface area (Å²) >= 11 is 0. The molecule has 1 saturated heterocycles. The van der Waals surface area contributed by atoms with E-state index in [9.17, 15) is 0 Å². The standard InChI is InChI=1S/C8H15N5O/c1-2-8(6-9-3-1)14-5-4-13-7-10-11-12-13/h7-9H,1-6H2. The highest BCUT2D eigenvalue weighted by molar-refractivity contribution is 4.68. The SMILES string of the molecule is c1nnnn1CCOC1CCCNC1. The molecule has 78 valence electrons. The molecular formula is C8H15N5O. The van der Waals surface area contributed by atoms with Crippen LogP contribution in [0, 0.1) is 0 Å². The highest BCUT2D eigenvalue weighted by Crippen LogP contribution is 2.05. The summed E-state index contributed by atoms with van der Waals surface area (Å²) in [6, 6.07) is 0. The van der Waals surface area contributed by atoms with Crippen LogP contribution in [0.3, 0.4) is 0 Å². The predicted octanol–water partition coefficient (Wildman–Crippen LogP) is -0.558. The average molecular weight is 197 g/mol. The third-order valence-corrected chi connectivity index (χ3v) is 2.32. The number of aromatic nitrogens is 4. The van der Waals surface area contributed by atoms with Crippen molar-refractivity contribution in [2.24, 2.45) is 0 Å². The number of nitrogens with one attached hydrogen (secondary N) is 1. The number of ether oxygens (including phenoxy) is 1. The topological polar surface area (TPSA) is 64.9 Å². The van der Waals surface area contributed by atoms with E-state index in [-0.39, 0.29) is 0 Å². The van der Waals surface area contributed by atoms with Crippen LogP contribution in [0.4, 0.5) is 0 Å². The summed E-state index contributed by atoms with van der Waals surface area (Å²) in [5.74, 6) is 0. The number of hydrogen-bond acceptors (Lipinski definition) is 5. The van der Waals surface area contributed by atoms with E-state index in [4.69, 9.17) is 4.74 Å². The van der Waals surface area contributed by atoms with Crippen molar-refractivity contribution >= 4 is 0 Å². The van der Waals surface area contributed by atoms with Crippen molar-refractivity contribution in [3.63, 3.8) is 0 Å². The quantitative estimate of drug-likeness (QED) is 0.701. The van der Waals surface area contributed by atoms with Gasteiger partial charge in [-0.3, -0.25) is 0 Å². The summed E-state index contributed by atoms with van der Waals surface area (Å²) in [5.41, 5.74) is 0. The molecule has 1 unspecified atom stereocenters. The first-order valence-electron chi connectivity index (χ1n) is 4.98. The van der Waals surface area contributed by atoms with Crippen LogP contribution in [0.2, 0.25) is 0 Å². The van der Waals surface area contributed by atoms with E-state index < -0.39 is 0 Å². The fourth-order valence-electron chi connectivity index (χ4n) is 1.56. The monoisotopic (exact) mass is 197 g/mol. The molecule has 6 nitrogen and oxygen atoms in total. The van der Waals surface area contributed by atoms with E-state index in [1.807, 2.05) is 0 Å². The van der Waals surface area contributed by atoms with Crippen molar-refractivity contribution in [3.05, 3.63) is 6.33 Å². The van der Waals surface area contributed by atoms with E-state index in [0.717, 1.165) is 26.1 Å². The Hall–Kier alpha value is -1.01. The van der Waals surface area contributed by atoms with Gasteiger partial charge in [-0.25, -0.2) is 4.68 Å². The molecular weight excluding hydrogens is 182 g/mol. The van der Waals surface area contributed by atoms with Crippen molar-refractivity contribution in [1.29, 1.82) is 0 Å². The van der Waals surface area contributed by atoms with Crippen molar-refractivity contribution in [3.8, 4) is 0 Å². The van der Waals surface area contributed by atoms with E-state index in [1.165, 1.54) is 6.42 Å². The minimum absolute atomic E-state index is 0.361. The molecule has 14 heavy (non-hydrogen) atoms. The number of piperidine rings is 1. The van der Waals surface area contributed by atoms with Crippen molar-refractivity contribution in [1.82, 2.24) is 25.5 Å². The fourth-order valence-corrected chi connectivity index (χ4v) is 1.56. The van der Waals surface area contributed by atoms with Gasteiger partial charge in [0.25, 0.3) is 0 Å². The third-order valence-electron chi connectivity index (χ3n) is 2.32. The molecule has 2 rings (SSSR count). The first-order valence-corrected chi connectivity index (χ1v) is 4.98. The van der Waals surface area contributed by atoms with Crippen LogP contribution in [-0.4, -0.2) is 46.0 Å². The summed E-state index contributed by atoms with van der Waals surface area (Å²) in [5, 5.41) is 14.2. The maximum Gasteiger partial charge on any atom is 0.138 e. The van der Waals surface area contributed by atoms with E-state index >= 15 is 0 Å². The highest BCUT2D eigenvalue weighted by atomic mass is 16.5. The normalized spacial score (nSPS) is 22.4. The highest BCUT2D eigenvalue weighted by Gasteiger charge is 2.12. The van der Waals surface area contributed by atoms with Gasteiger partial charge in [-0.1, -0.05) is 0 Å². The van der Waals surface area contributed by atoms with Crippen LogP contribution in [-0.2, 0) is 11.3 Å². The van der Waals surface area contributed by atoms with Crippen molar-refractivity contribution in [2.75, 3.05) is 19.7 Å². The molecule has 0 radical (unpaired) electrons. The van der Waals surface area contributed by atoms with Crippen LogP contribution in [0.25, 0.3) is 0 Å². The summed E-state index contributed by atoms with van der Waals surface area (Å²) in [6.07, 6.45) is 4.32. The molecule has 0 bridgehead atoms. The predicted molar refractivity (Wildman–Crippen MR) is 49.7 cm³/mol. The minimum Gasteiger partial charge on any atom is -0.375 e. The van der Waals surface area contributed by atoms with Gasteiger partial charge in [0.15, 0.2) is 0 Å². The van der Waals surface area contributed by atoms with Gasteiger partial charge in [0.1, 0.15) is 6.33 Å². The molecule has 1 aliphatic heterocycles. The lowest BCUT2D eigenvalue weighted by Gasteiger charge is -2.22. The lowest BCUT2D eigenvalue weighted by Crippen LogP contribution is -2.35. The summed E-state index contributed by atoms with van der Waals surface area (Å²) in [4.78, 5) is 0. The molecule has 1 fully saturated rings. The molecule has 0 aliphatic carbocycles. The van der Waals surface area contributed by atoms with E-state index in [1.54, 1.807) is 11.0 Å². The van der Waals surface area contributed by atoms with Gasteiger partial charge in [0.05, 0.1) is 19.3 Å². The van der Waals surface area contributed by atoms with Crippen LogP contribution >= 0.6 is 0 Å². The zero-order valence-corrected chi connectivity index (χ0v) is 8.09. The van der Waals surface area contributed by atoms with Gasteiger partial charge in [0.2, 0.25) is 0 Å². The van der Waals surface area contributed by atoms with Gasteiger partial charge in [0, 0.05) is 6.54 Å². The second-order valence-electron chi connectivity index (χ2n) is 3.41. The molecule has 1 aromatic heterocycles. The Kier molecular flexibility index (Phi) is 3.42.